The molecule has 1 aliphatic heterocycles. The Bertz CT molecular complexity index is 1210. The van der Waals surface area contributed by atoms with Crippen molar-refractivity contribution in [3.05, 3.63) is 53.3 Å². The Kier molecular flexibility index (Phi) is 6.68. The molecular weight excluding hydrogens is 445 g/mol. The van der Waals surface area contributed by atoms with Crippen LogP contribution >= 0.6 is 0 Å². The van der Waals surface area contributed by atoms with Gasteiger partial charge in [-0.3, -0.25) is 9.52 Å². The summed E-state index contributed by atoms with van der Waals surface area (Å²) in [4.78, 5) is 12.1. The first-order valence-corrected chi connectivity index (χ1v) is 13.0. The zero-order valence-electron chi connectivity index (χ0n) is 17.2. The van der Waals surface area contributed by atoms with Crippen molar-refractivity contribution < 1.29 is 26.0 Å². The van der Waals surface area contributed by atoms with Gasteiger partial charge in [0.05, 0.1) is 11.9 Å². The number of sulfonamides is 2. The van der Waals surface area contributed by atoms with Crippen LogP contribution in [0.2, 0.25) is 0 Å². The van der Waals surface area contributed by atoms with Crippen LogP contribution in [-0.2, 0) is 20.0 Å². The van der Waals surface area contributed by atoms with E-state index in [1.54, 1.807) is 19.1 Å². The third-order valence-electron chi connectivity index (χ3n) is 4.92. The highest BCUT2D eigenvalue weighted by atomic mass is 32.2. The van der Waals surface area contributed by atoms with Crippen LogP contribution in [0, 0.1) is 12.7 Å². The minimum atomic E-state index is -4.05. The number of carbonyl (C=O) groups excluding carboxylic acids is 1. The molecule has 1 fully saturated rings. The second-order valence-corrected chi connectivity index (χ2v) is 11.1. The molecule has 0 aromatic heterocycles. The van der Waals surface area contributed by atoms with Gasteiger partial charge in [0.25, 0.3) is 5.91 Å². The number of hydrogen-bond acceptors (Lipinski definition) is 5. The average Bonchev–Trinajstić information content (AvgIpc) is 2.70. The Hall–Kier alpha value is -2.50. The van der Waals surface area contributed by atoms with E-state index in [2.05, 4.69) is 10.0 Å². The van der Waals surface area contributed by atoms with E-state index in [1.165, 1.54) is 16.4 Å². The average molecular weight is 470 g/mol. The monoisotopic (exact) mass is 469 g/mol. The van der Waals surface area contributed by atoms with Crippen LogP contribution in [0.25, 0.3) is 0 Å². The second-order valence-electron chi connectivity index (χ2n) is 7.47. The molecule has 0 saturated carbocycles. The van der Waals surface area contributed by atoms with Gasteiger partial charge in [0, 0.05) is 24.3 Å². The van der Waals surface area contributed by atoms with E-state index in [1.807, 2.05) is 0 Å². The summed E-state index contributed by atoms with van der Waals surface area (Å²) in [6.45, 7) is 2.34. The van der Waals surface area contributed by atoms with Crippen LogP contribution in [0.3, 0.4) is 0 Å². The fourth-order valence-electron chi connectivity index (χ4n) is 3.30. The van der Waals surface area contributed by atoms with Gasteiger partial charge in [0.2, 0.25) is 20.0 Å². The van der Waals surface area contributed by atoms with E-state index >= 15 is 0 Å². The number of rotatable bonds is 6. The highest BCUT2D eigenvalue weighted by Crippen LogP contribution is 2.25. The highest BCUT2D eigenvalue weighted by molar-refractivity contribution is 7.92. The molecule has 2 aromatic carbocycles. The van der Waals surface area contributed by atoms with E-state index in [0.29, 0.717) is 42.9 Å². The van der Waals surface area contributed by atoms with Crippen molar-refractivity contribution in [2.75, 3.05) is 29.4 Å². The van der Waals surface area contributed by atoms with Gasteiger partial charge in [-0.25, -0.2) is 21.2 Å². The quantitative estimate of drug-likeness (QED) is 0.676. The fraction of sp³-hybridized carbons (Fsp3) is 0.350. The van der Waals surface area contributed by atoms with E-state index in [-0.39, 0.29) is 5.56 Å². The van der Waals surface area contributed by atoms with Crippen molar-refractivity contribution in [2.45, 2.75) is 31.1 Å². The maximum absolute atomic E-state index is 14.4. The number of aryl methyl sites for hydroxylation is 1. The van der Waals surface area contributed by atoms with Crippen LogP contribution in [0.1, 0.15) is 35.2 Å². The Labute approximate surface area is 181 Å². The molecule has 0 aliphatic carbocycles. The minimum absolute atomic E-state index is 0.0322. The number of nitrogens with one attached hydrogen (secondary N) is 2. The van der Waals surface area contributed by atoms with Crippen LogP contribution in [-0.4, -0.2) is 46.4 Å². The van der Waals surface area contributed by atoms with Gasteiger partial charge in [-0.05, 0) is 55.7 Å². The van der Waals surface area contributed by atoms with Gasteiger partial charge < -0.3 is 5.32 Å². The molecule has 1 heterocycles. The molecule has 8 nitrogen and oxygen atoms in total. The third kappa shape index (κ3) is 5.60. The second kappa shape index (κ2) is 8.93. The smallest absolute Gasteiger partial charge is 0.255 e. The van der Waals surface area contributed by atoms with Crippen LogP contribution < -0.4 is 10.0 Å². The number of carbonyl (C=O) groups is 1. The number of halogens is 1. The molecule has 31 heavy (non-hydrogen) atoms. The van der Waals surface area contributed by atoms with Crippen LogP contribution in [0.15, 0.2) is 41.3 Å². The summed E-state index contributed by atoms with van der Waals surface area (Å²) >= 11 is 0. The Morgan fingerprint density at radius 1 is 1.00 bits per heavy atom. The minimum Gasteiger partial charge on any atom is -0.322 e. The van der Waals surface area contributed by atoms with Crippen LogP contribution in [0.5, 0.6) is 0 Å². The molecule has 1 amide bonds. The van der Waals surface area contributed by atoms with Crippen molar-refractivity contribution in [1.29, 1.82) is 0 Å². The number of amides is 1. The molecule has 0 radical (unpaired) electrons. The first kappa shape index (κ1) is 23.2. The summed E-state index contributed by atoms with van der Waals surface area (Å²) in [5.41, 5.74) is 1.22. The van der Waals surface area contributed by atoms with Gasteiger partial charge in [0.1, 0.15) is 10.7 Å². The number of nitrogens with zero attached hydrogens (tertiary/aromatic N) is 1. The zero-order valence-corrected chi connectivity index (χ0v) is 18.8. The first-order chi connectivity index (χ1) is 14.5. The third-order valence-corrected chi connectivity index (χ3v) is 7.42. The molecule has 3 rings (SSSR count). The fourth-order valence-corrected chi connectivity index (χ4v) is 5.53. The summed E-state index contributed by atoms with van der Waals surface area (Å²) < 4.78 is 66.7. The maximum atomic E-state index is 14.4. The number of benzene rings is 2. The molecule has 0 unspecified atom stereocenters. The van der Waals surface area contributed by atoms with Crippen molar-refractivity contribution in [3.8, 4) is 0 Å². The van der Waals surface area contributed by atoms with Crippen LogP contribution in [0.4, 0.5) is 15.8 Å². The van der Waals surface area contributed by atoms with Gasteiger partial charge in [-0.15, -0.1) is 0 Å². The summed E-state index contributed by atoms with van der Waals surface area (Å²) in [7, 11) is -7.56. The maximum Gasteiger partial charge on any atom is 0.255 e. The SMILES string of the molecule is Cc1ccc(NC(=O)c2ccc(F)c(S(=O)(=O)N3CCCCC3)c2)cc1NS(C)(=O)=O. The summed E-state index contributed by atoms with van der Waals surface area (Å²) in [5, 5.41) is 2.58. The standard InChI is InChI=1S/C20H24FN3O5S2/c1-14-6-8-16(13-18(14)23-30(2,26)27)22-20(25)15-7-9-17(21)19(12-15)31(28,29)24-10-4-3-5-11-24/h6-9,12-13,23H,3-5,10-11H2,1-2H3,(H,22,25). The van der Waals surface area contributed by atoms with Gasteiger partial charge in [0.15, 0.2) is 0 Å². The zero-order chi connectivity index (χ0) is 22.8. The molecule has 1 saturated heterocycles. The predicted molar refractivity (Wildman–Crippen MR) is 117 cm³/mol. The molecule has 2 N–H and O–H groups in total. The lowest BCUT2D eigenvalue weighted by Gasteiger charge is -2.26. The summed E-state index contributed by atoms with van der Waals surface area (Å²) in [6, 6.07) is 7.83. The number of anilines is 2. The molecule has 11 heteroatoms. The number of piperidine rings is 1. The van der Waals surface area contributed by atoms with Gasteiger partial charge >= 0.3 is 0 Å². The summed E-state index contributed by atoms with van der Waals surface area (Å²) in [5.74, 6) is -1.57. The Balaban J connectivity index is 1.86. The van der Waals surface area contributed by atoms with Gasteiger partial charge in [-0.1, -0.05) is 12.5 Å². The lowest BCUT2D eigenvalue weighted by atomic mass is 10.1. The topological polar surface area (TPSA) is 113 Å². The van der Waals surface area contributed by atoms with Crippen molar-refractivity contribution >= 4 is 37.3 Å². The molecule has 0 atom stereocenters. The molecule has 168 valence electrons. The van der Waals surface area contributed by atoms with E-state index in [9.17, 15) is 26.0 Å². The van der Waals surface area contributed by atoms with Gasteiger partial charge in [-0.2, -0.15) is 4.31 Å². The Morgan fingerprint density at radius 3 is 2.32 bits per heavy atom. The molecule has 0 bridgehead atoms. The van der Waals surface area contributed by atoms with Crippen molar-refractivity contribution in [2.24, 2.45) is 0 Å². The van der Waals surface area contributed by atoms with Crippen molar-refractivity contribution in [3.63, 3.8) is 0 Å². The van der Waals surface area contributed by atoms with Crippen molar-refractivity contribution in [1.82, 2.24) is 4.31 Å². The lowest BCUT2D eigenvalue weighted by Crippen LogP contribution is -2.36. The largest absolute Gasteiger partial charge is 0.322 e. The molecular formula is C20H24FN3O5S2. The number of hydrogen-bond donors (Lipinski definition) is 2. The first-order valence-electron chi connectivity index (χ1n) is 9.67. The van der Waals surface area contributed by atoms with E-state index in [4.69, 9.17) is 0 Å². The van der Waals surface area contributed by atoms with E-state index in [0.717, 1.165) is 24.8 Å². The Morgan fingerprint density at radius 2 is 1.68 bits per heavy atom. The predicted octanol–water partition coefficient (Wildman–Crippen LogP) is 2.93. The highest BCUT2D eigenvalue weighted by Gasteiger charge is 2.29. The molecule has 1 aliphatic rings. The lowest BCUT2D eigenvalue weighted by molar-refractivity contribution is 0.102. The van der Waals surface area contributed by atoms with E-state index < -0.39 is 36.7 Å². The molecule has 0 spiro atoms. The normalized spacial score (nSPS) is 15.5. The molecule has 2 aromatic rings. The summed E-state index contributed by atoms with van der Waals surface area (Å²) in [6.07, 6.45) is 3.35.